The van der Waals surface area contributed by atoms with Gasteiger partial charge in [-0.2, -0.15) is 0 Å². The Morgan fingerprint density at radius 1 is 1.28 bits per heavy atom. The van der Waals surface area contributed by atoms with Gasteiger partial charge in [-0.15, -0.1) is 0 Å². The zero-order valence-corrected chi connectivity index (χ0v) is 11.3. The molecule has 0 aliphatic rings. The fourth-order valence-corrected chi connectivity index (χ4v) is 2.67. The highest BCUT2D eigenvalue weighted by molar-refractivity contribution is 7.93. The molecule has 1 N–H and O–H groups in total. The number of ether oxygens (including phenoxy) is 1. The van der Waals surface area contributed by atoms with Crippen molar-refractivity contribution in [2.45, 2.75) is 36.7 Å². The molecule has 1 aromatic rings. The minimum atomic E-state index is -3.87. The van der Waals surface area contributed by atoms with Gasteiger partial charge in [0, 0.05) is 0 Å². The molecule has 0 saturated carbocycles. The summed E-state index contributed by atoms with van der Waals surface area (Å²) in [5, 5.41) is 8.98. The topological polar surface area (TPSA) is 80.7 Å². The minimum absolute atomic E-state index is 0.0394. The largest absolute Gasteiger partial charge is 0.435 e. The van der Waals surface area contributed by atoms with Gasteiger partial charge in [0.1, 0.15) is 0 Å². The van der Waals surface area contributed by atoms with E-state index in [1.165, 1.54) is 32.9 Å². The third-order valence-electron chi connectivity index (χ3n) is 2.49. The third kappa shape index (κ3) is 2.70. The van der Waals surface area contributed by atoms with Crippen LogP contribution in [-0.2, 0) is 19.4 Å². The third-order valence-corrected chi connectivity index (χ3v) is 4.90. The lowest BCUT2D eigenvalue weighted by Crippen LogP contribution is -2.43. The van der Waals surface area contributed by atoms with Crippen LogP contribution in [0.25, 0.3) is 0 Å². The van der Waals surface area contributed by atoms with Crippen LogP contribution in [0.3, 0.4) is 0 Å². The molecule has 0 aliphatic heterocycles. The van der Waals surface area contributed by atoms with Gasteiger partial charge < -0.3 is 9.84 Å². The highest BCUT2D eigenvalue weighted by Crippen LogP contribution is 2.26. The summed E-state index contributed by atoms with van der Waals surface area (Å²) in [4.78, 5) is 11.8. The number of hydrogen-bond donors (Lipinski definition) is 1. The number of aliphatic hydroxyl groups is 1. The summed E-state index contributed by atoms with van der Waals surface area (Å²) in [5.74, 6) is -0.985. The number of hydrogen-bond acceptors (Lipinski definition) is 5. The first kappa shape index (κ1) is 14.7. The van der Waals surface area contributed by atoms with Crippen molar-refractivity contribution in [3.63, 3.8) is 0 Å². The van der Waals surface area contributed by atoms with Gasteiger partial charge >= 0.3 is 5.97 Å². The monoisotopic (exact) mass is 272 g/mol. The Kier molecular flexibility index (Phi) is 4.13. The SMILES string of the molecule is CC(O)OC(=O)C(C)(C)S(=O)(=O)c1ccccc1. The molecule has 0 radical (unpaired) electrons. The van der Waals surface area contributed by atoms with E-state index in [1.807, 2.05) is 0 Å². The van der Waals surface area contributed by atoms with Gasteiger partial charge in [0.2, 0.25) is 0 Å². The van der Waals surface area contributed by atoms with Crippen molar-refractivity contribution in [1.82, 2.24) is 0 Å². The second-order valence-corrected chi connectivity index (χ2v) is 6.83. The van der Waals surface area contributed by atoms with Crippen molar-refractivity contribution in [1.29, 1.82) is 0 Å². The maximum Gasteiger partial charge on any atom is 0.329 e. The van der Waals surface area contributed by atoms with E-state index in [1.54, 1.807) is 18.2 Å². The summed E-state index contributed by atoms with van der Waals surface area (Å²) in [6.07, 6.45) is -1.34. The Bertz CT molecular complexity index is 517. The van der Waals surface area contributed by atoms with Crippen molar-refractivity contribution in [3.05, 3.63) is 30.3 Å². The second-order valence-electron chi connectivity index (χ2n) is 4.33. The van der Waals surface area contributed by atoms with E-state index >= 15 is 0 Å². The molecule has 1 unspecified atom stereocenters. The fourth-order valence-electron chi connectivity index (χ4n) is 1.30. The Labute approximate surface area is 106 Å². The number of esters is 1. The molecule has 1 atom stereocenters. The van der Waals surface area contributed by atoms with Gasteiger partial charge in [0.15, 0.2) is 20.9 Å². The first-order valence-corrected chi connectivity index (χ1v) is 6.86. The number of aliphatic hydroxyl groups excluding tert-OH is 1. The van der Waals surface area contributed by atoms with Crippen molar-refractivity contribution < 1.29 is 23.1 Å². The maximum absolute atomic E-state index is 12.3. The van der Waals surface area contributed by atoms with Gasteiger partial charge in [-0.3, -0.25) is 4.79 Å². The smallest absolute Gasteiger partial charge is 0.329 e. The van der Waals surface area contributed by atoms with Crippen LogP contribution in [0.4, 0.5) is 0 Å². The van der Waals surface area contributed by atoms with Gasteiger partial charge in [0.05, 0.1) is 4.90 Å². The molecule has 0 saturated heterocycles. The van der Waals surface area contributed by atoms with Crippen LogP contribution in [0.15, 0.2) is 35.2 Å². The highest BCUT2D eigenvalue weighted by atomic mass is 32.2. The Balaban J connectivity index is 3.15. The predicted octanol–water partition coefficient (Wildman–Crippen LogP) is 1.12. The molecule has 0 amide bonds. The van der Waals surface area contributed by atoms with E-state index in [9.17, 15) is 13.2 Å². The van der Waals surface area contributed by atoms with E-state index in [0.717, 1.165) is 0 Å². The molecule has 0 aromatic heterocycles. The summed E-state index contributed by atoms with van der Waals surface area (Å²) in [6.45, 7) is 3.74. The van der Waals surface area contributed by atoms with Crippen LogP contribution in [0, 0.1) is 0 Å². The number of sulfone groups is 1. The standard InChI is InChI=1S/C12H16O5S/c1-9(13)17-11(14)12(2,3)18(15,16)10-7-5-4-6-8-10/h4-9,13H,1-3H3. The molecule has 0 heterocycles. The average Bonchev–Trinajstić information content (AvgIpc) is 2.29. The fraction of sp³-hybridized carbons (Fsp3) is 0.417. The molecule has 5 nitrogen and oxygen atoms in total. The van der Waals surface area contributed by atoms with Crippen LogP contribution in [0.5, 0.6) is 0 Å². The van der Waals surface area contributed by atoms with Crippen molar-refractivity contribution in [2.75, 3.05) is 0 Å². The minimum Gasteiger partial charge on any atom is -0.435 e. The van der Waals surface area contributed by atoms with Crippen LogP contribution < -0.4 is 0 Å². The predicted molar refractivity (Wildman–Crippen MR) is 65.5 cm³/mol. The number of carbonyl (C=O) groups is 1. The maximum atomic E-state index is 12.3. The van der Waals surface area contributed by atoms with E-state index < -0.39 is 26.8 Å². The van der Waals surface area contributed by atoms with Crippen LogP contribution in [0.1, 0.15) is 20.8 Å². The van der Waals surface area contributed by atoms with E-state index in [4.69, 9.17) is 5.11 Å². The lowest BCUT2D eigenvalue weighted by atomic mass is 10.2. The van der Waals surface area contributed by atoms with E-state index in [2.05, 4.69) is 4.74 Å². The van der Waals surface area contributed by atoms with Crippen LogP contribution >= 0.6 is 0 Å². The van der Waals surface area contributed by atoms with Gasteiger partial charge in [-0.25, -0.2) is 8.42 Å². The molecular formula is C12H16O5S. The quantitative estimate of drug-likeness (QED) is 0.656. The van der Waals surface area contributed by atoms with Crippen molar-refractivity contribution >= 4 is 15.8 Å². The zero-order chi connectivity index (χ0) is 14.0. The molecule has 0 aliphatic carbocycles. The van der Waals surface area contributed by atoms with E-state index in [-0.39, 0.29) is 4.90 Å². The van der Waals surface area contributed by atoms with Crippen molar-refractivity contribution in [2.24, 2.45) is 0 Å². The molecule has 100 valence electrons. The van der Waals surface area contributed by atoms with Gasteiger partial charge in [-0.1, -0.05) is 18.2 Å². The molecule has 18 heavy (non-hydrogen) atoms. The summed E-state index contributed by atoms with van der Waals surface area (Å²) < 4.78 is 27.4. The van der Waals surface area contributed by atoms with Crippen LogP contribution in [0.2, 0.25) is 0 Å². The highest BCUT2D eigenvalue weighted by Gasteiger charge is 2.44. The first-order valence-electron chi connectivity index (χ1n) is 5.38. The summed E-state index contributed by atoms with van der Waals surface area (Å²) in [5.41, 5.74) is 0. The Morgan fingerprint density at radius 2 is 1.78 bits per heavy atom. The first-order chi connectivity index (χ1) is 8.19. The Hall–Kier alpha value is -1.40. The van der Waals surface area contributed by atoms with Gasteiger partial charge in [0.25, 0.3) is 0 Å². The molecule has 0 fully saturated rings. The second kappa shape index (κ2) is 5.07. The molecule has 1 aromatic carbocycles. The summed E-state index contributed by atoms with van der Waals surface area (Å²) in [6, 6.07) is 7.64. The molecule has 0 spiro atoms. The molecule has 0 bridgehead atoms. The number of carbonyl (C=O) groups excluding carboxylic acids is 1. The number of rotatable bonds is 4. The molecule has 6 heteroatoms. The Morgan fingerprint density at radius 3 is 2.22 bits per heavy atom. The number of benzene rings is 1. The molecule has 1 rings (SSSR count). The van der Waals surface area contributed by atoms with Crippen LogP contribution in [-0.4, -0.2) is 30.5 Å². The normalized spacial score (nSPS) is 14.0. The summed E-state index contributed by atoms with van der Waals surface area (Å²) >= 11 is 0. The zero-order valence-electron chi connectivity index (χ0n) is 10.5. The molecular weight excluding hydrogens is 256 g/mol. The van der Waals surface area contributed by atoms with Crippen molar-refractivity contribution in [3.8, 4) is 0 Å². The lowest BCUT2D eigenvalue weighted by molar-refractivity contribution is -0.167. The average molecular weight is 272 g/mol. The lowest BCUT2D eigenvalue weighted by Gasteiger charge is -2.23. The summed E-state index contributed by atoms with van der Waals surface area (Å²) in [7, 11) is -3.87. The van der Waals surface area contributed by atoms with E-state index in [0.29, 0.717) is 0 Å². The van der Waals surface area contributed by atoms with Gasteiger partial charge in [-0.05, 0) is 32.9 Å².